The molecule has 0 fully saturated rings. The Kier molecular flexibility index (Phi) is 2.27. The third-order valence-electron chi connectivity index (χ3n) is 1.51. The highest BCUT2D eigenvalue weighted by atomic mass is 32.1. The Hall–Kier alpha value is -1.35. The van der Waals surface area contributed by atoms with Crippen LogP contribution in [-0.2, 0) is 0 Å². The molecule has 1 heterocycles. The van der Waals surface area contributed by atoms with Gasteiger partial charge in [0.2, 0.25) is 0 Å². The average Bonchev–Trinajstić information content (AvgIpc) is 2.57. The number of halogens is 1. The molecule has 3 heteroatoms. The predicted molar refractivity (Wildman–Crippen MR) is 50.8 cm³/mol. The summed E-state index contributed by atoms with van der Waals surface area (Å²) in [6, 6.07) is 9.83. The number of ether oxygens (including phenoxy) is 1. The zero-order valence-corrected chi connectivity index (χ0v) is 7.55. The molecule has 0 radical (unpaired) electrons. The highest BCUT2D eigenvalue weighted by molar-refractivity contribution is 7.11. The summed E-state index contributed by atoms with van der Waals surface area (Å²) in [5.41, 5.74) is 0. The fourth-order valence-electron chi connectivity index (χ4n) is 0.968. The Labute approximate surface area is 79.4 Å². The molecule has 0 N–H and O–H groups in total. The lowest BCUT2D eigenvalue weighted by Crippen LogP contribution is -1.81. The van der Waals surface area contributed by atoms with Crippen LogP contribution in [-0.4, -0.2) is 0 Å². The molecule has 2 aromatic rings. The Morgan fingerprint density at radius 3 is 2.77 bits per heavy atom. The van der Waals surface area contributed by atoms with E-state index in [0.29, 0.717) is 5.75 Å². The first-order chi connectivity index (χ1) is 6.34. The van der Waals surface area contributed by atoms with E-state index in [1.165, 1.54) is 23.5 Å². The first kappa shape index (κ1) is 8.26. The number of hydrogen-bond acceptors (Lipinski definition) is 2. The maximum Gasteiger partial charge on any atom is 0.180 e. The van der Waals surface area contributed by atoms with Gasteiger partial charge in [-0.2, -0.15) is 0 Å². The molecule has 0 atom stereocenters. The Bertz CT molecular complexity index is 384. The van der Waals surface area contributed by atoms with Crippen molar-refractivity contribution in [1.29, 1.82) is 0 Å². The van der Waals surface area contributed by atoms with Crippen molar-refractivity contribution < 1.29 is 9.13 Å². The minimum absolute atomic E-state index is 0.283. The van der Waals surface area contributed by atoms with Gasteiger partial charge in [-0.25, -0.2) is 4.39 Å². The van der Waals surface area contributed by atoms with Gasteiger partial charge in [-0.3, -0.25) is 0 Å². The first-order valence-corrected chi connectivity index (χ1v) is 4.69. The summed E-state index contributed by atoms with van der Waals surface area (Å²) in [6.45, 7) is 0. The monoisotopic (exact) mass is 194 g/mol. The van der Waals surface area contributed by atoms with E-state index in [9.17, 15) is 4.39 Å². The fraction of sp³-hybridized carbons (Fsp3) is 0. The van der Waals surface area contributed by atoms with E-state index < -0.39 is 0 Å². The van der Waals surface area contributed by atoms with Crippen molar-refractivity contribution in [3.05, 3.63) is 47.6 Å². The molecule has 13 heavy (non-hydrogen) atoms. The van der Waals surface area contributed by atoms with Crippen LogP contribution < -0.4 is 4.74 Å². The van der Waals surface area contributed by atoms with E-state index in [1.807, 2.05) is 17.5 Å². The lowest BCUT2D eigenvalue weighted by Gasteiger charge is -2.01. The third-order valence-corrected chi connectivity index (χ3v) is 2.25. The van der Waals surface area contributed by atoms with E-state index in [0.717, 1.165) is 5.06 Å². The smallest absolute Gasteiger partial charge is 0.180 e. The molecule has 66 valence electrons. The standard InChI is InChI=1S/C10H7FOS/c11-8-3-1-4-9(7-8)12-10-5-2-6-13-10/h1-7H. The summed E-state index contributed by atoms with van der Waals surface area (Å²) >= 11 is 1.48. The number of hydrogen-bond donors (Lipinski definition) is 0. The summed E-state index contributed by atoms with van der Waals surface area (Å²) in [5, 5.41) is 2.68. The zero-order valence-electron chi connectivity index (χ0n) is 6.74. The van der Waals surface area contributed by atoms with Crippen LogP contribution in [0.4, 0.5) is 4.39 Å². The van der Waals surface area contributed by atoms with Crippen molar-refractivity contribution in [2.75, 3.05) is 0 Å². The van der Waals surface area contributed by atoms with Crippen molar-refractivity contribution in [3.8, 4) is 10.8 Å². The second kappa shape index (κ2) is 3.58. The molecule has 0 saturated heterocycles. The lowest BCUT2D eigenvalue weighted by atomic mass is 10.3. The SMILES string of the molecule is Fc1cccc(Oc2cccs2)c1. The average molecular weight is 194 g/mol. The second-order valence-electron chi connectivity index (χ2n) is 2.49. The van der Waals surface area contributed by atoms with Crippen LogP contribution in [0.15, 0.2) is 41.8 Å². The van der Waals surface area contributed by atoms with Gasteiger partial charge in [-0.15, -0.1) is 11.3 Å². The molecular weight excluding hydrogens is 187 g/mol. The minimum atomic E-state index is -0.283. The zero-order chi connectivity index (χ0) is 9.10. The summed E-state index contributed by atoms with van der Waals surface area (Å²) in [6.07, 6.45) is 0. The van der Waals surface area contributed by atoms with Gasteiger partial charge in [0.1, 0.15) is 11.6 Å². The molecule has 1 aromatic carbocycles. The number of benzene rings is 1. The topological polar surface area (TPSA) is 9.23 Å². The highest BCUT2D eigenvalue weighted by Gasteiger charge is 1.98. The van der Waals surface area contributed by atoms with E-state index in [1.54, 1.807) is 12.1 Å². The van der Waals surface area contributed by atoms with Gasteiger partial charge < -0.3 is 4.74 Å². The number of thiophene rings is 1. The molecule has 1 aromatic heterocycles. The molecule has 0 saturated carbocycles. The van der Waals surface area contributed by atoms with Crippen LogP contribution in [0.1, 0.15) is 0 Å². The molecule has 0 aliphatic carbocycles. The maximum absolute atomic E-state index is 12.7. The molecular formula is C10H7FOS. The fourth-order valence-corrected chi connectivity index (χ4v) is 1.56. The molecule has 0 unspecified atom stereocenters. The summed E-state index contributed by atoms with van der Waals surface area (Å²) in [7, 11) is 0. The van der Waals surface area contributed by atoms with Gasteiger partial charge in [0, 0.05) is 6.07 Å². The molecule has 0 aliphatic rings. The Morgan fingerprint density at radius 1 is 1.15 bits per heavy atom. The lowest BCUT2D eigenvalue weighted by molar-refractivity contribution is 0.490. The van der Waals surface area contributed by atoms with Crippen LogP contribution in [0.2, 0.25) is 0 Å². The minimum Gasteiger partial charge on any atom is -0.447 e. The highest BCUT2D eigenvalue weighted by Crippen LogP contribution is 2.25. The van der Waals surface area contributed by atoms with Crippen LogP contribution in [0.3, 0.4) is 0 Å². The summed E-state index contributed by atoms with van der Waals surface area (Å²) in [5.74, 6) is 0.247. The van der Waals surface area contributed by atoms with Gasteiger partial charge in [0.25, 0.3) is 0 Å². The van der Waals surface area contributed by atoms with Crippen LogP contribution in [0, 0.1) is 5.82 Å². The molecule has 0 spiro atoms. The van der Waals surface area contributed by atoms with Crippen LogP contribution in [0.25, 0.3) is 0 Å². The van der Waals surface area contributed by atoms with E-state index in [4.69, 9.17) is 4.74 Å². The van der Waals surface area contributed by atoms with E-state index in [2.05, 4.69) is 0 Å². The normalized spacial score (nSPS) is 9.92. The molecule has 0 bridgehead atoms. The van der Waals surface area contributed by atoms with Crippen LogP contribution >= 0.6 is 11.3 Å². The Morgan fingerprint density at radius 2 is 2.08 bits per heavy atom. The largest absolute Gasteiger partial charge is 0.447 e. The van der Waals surface area contributed by atoms with Gasteiger partial charge >= 0.3 is 0 Å². The first-order valence-electron chi connectivity index (χ1n) is 3.81. The molecule has 2 rings (SSSR count). The second-order valence-corrected chi connectivity index (χ2v) is 3.40. The van der Waals surface area contributed by atoms with Gasteiger partial charge in [0.15, 0.2) is 5.06 Å². The molecule has 0 aliphatic heterocycles. The number of rotatable bonds is 2. The quantitative estimate of drug-likeness (QED) is 0.708. The predicted octanol–water partition coefficient (Wildman–Crippen LogP) is 3.68. The molecule has 1 nitrogen and oxygen atoms in total. The maximum atomic E-state index is 12.7. The van der Waals surface area contributed by atoms with Crippen molar-refractivity contribution >= 4 is 11.3 Å². The van der Waals surface area contributed by atoms with Gasteiger partial charge in [0.05, 0.1) is 0 Å². The summed E-state index contributed by atoms with van der Waals surface area (Å²) < 4.78 is 18.1. The van der Waals surface area contributed by atoms with Crippen molar-refractivity contribution in [1.82, 2.24) is 0 Å². The molecule has 0 amide bonds. The van der Waals surface area contributed by atoms with Crippen molar-refractivity contribution in [2.24, 2.45) is 0 Å². The van der Waals surface area contributed by atoms with E-state index >= 15 is 0 Å². The summed E-state index contributed by atoms with van der Waals surface area (Å²) in [4.78, 5) is 0. The van der Waals surface area contributed by atoms with Gasteiger partial charge in [-0.05, 0) is 29.6 Å². The van der Waals surface area contributed by atoms with E-state index in [-0.39, 0.29) is 5.82 Å². The third kappa shape index (κ3) is 2.06. The van der Waals surface area contributed by atoms with Crippen molar-refractivity contribution in [2.45, 2.75) is 0 Å². The Balaban J connectivity index is 2.19. The van der Waals surface area contributed by atoms with Gasteiger partial charge in [-0.1, -0.05) is 6.07 Å². The van der Waals surface area contributed by atoms with Crippen molar-refractivity contribution in [3.63, 3.8) is 0 Å². The van der Waals surface area contributed by atoms with Crippen LogP contribution in [0.5, 0.6) is 10.8 Å².